The van der Waals surface area contributed by atoms with E-state index < -0.39 is 17.5 Å². The Labute approximate surface area is 173 Å². The van der Waals surface area contributed by atoms with Gasteiger partial charge in [-0.05, 0) is 29.8 Å². The van der Waals surface area contributed by atoms with E-state index >= 15 is 0 Å². The van der Waals surface area contributed by atoms with Gasteiger partial charge in [-0.2, -0.15) is 0 Å². The van der Waals surface area contributed by atoms with Crippen molar-refractivity contribution < 1.29 is 23.8 Å². The van der Waals surface area contributed by atoms with E-state index in [4.69, 9.17) is 14.2 Å². The number of rotatable bonds is 6. The van der Waals surface area contributed by atoms with Gasteiger partial charge in [0.05, 0.1) is 7.11 Å². The predicted octanol–water partition coefficient (Wildman–Crippen LogP) is 3.64. The molecule has 0 unspecified atom stereocenters. The van der Waals surface area contributed by atoms with Crippen molar-refractivity contribution in [1.82, 2.24) is 0 Å². The number of hydrogen-bond acceptors (Lipinski definition) is 6. The van der Waals surface area contributed by atoms with Crippen LogP contribution in [0.2, 0.25) is 0 Å². The van der Waals surface area contributed by atoms with Crippen LogP contribution in [-0.4, -0.2) is 24.9 Å². The second-order valence-electron chi connectivity index (χ2n) is 6.67. The summed E-state index contributed by atoms with van der Waals surface area (Å²) in [5.41, 5.74) is -0.167. The summed E-state index contributed by atoms with van der Waals surface area (Å²) < 4.78 is 16.1. The lowest BCUT2D eigenvalue weighted by molar-refractivity contribution is -0.159. The van der Waals surface area contributed by atoms with Crippen LogP contribution in [0.4, 0.5) is 0 Å². The summed E-state index contributed by atoms with van der Waals surface area (Å²) in [7, 11) is 1.56. The molecule has 3 aromatic carbocycles. The highest BCUT2D eigenvalue weighted by Crippen LogP contribution is 2.35. The van der Waals surface area contributed by atoms with E-state index in [9.17, 15) is 9.59 Å². The van der Waals surface area contributed by atoms with Crippen molar-refractivity contribution in [3.05, 3.63) is 102 Å². The van der Waals surface area contributed by atoms with Gasteiger partial charge in [0.2, 0.25) is 5.90 Å². The van der Waals surface area contributed by atoms with Crippen LogP contribution in [0.1, 0.15) is 16.7 Å². The van der Waals surface area contributed by atoms with Crippen LogP contribution in [0, 0.1) is 0 Å². The zero-order valence-electron chi connectivity index (χ0n) is 16.3. The minimum Gasteiger partial charge on any atom is -0.497 e. The first-order chi connectivity index (χ1) is 14.6. The van der Waals surface area contributed by atoms with Crippen molar-refractivity contribution in [2.75, 3.05) is 7.11 Å². The first-order valence-corrected chi connectivity index (χ1v) is 9.37. The molecular formula is C24H19NO5. The van der Waals surface area contributed by atoms with Crippen LogP contribution >= 0.6 is 0 Å². The fourth-order valence-corrected chi connectivity index (χ4v) is 3.18. The van der Waals surface area contributed by atoms with Gasteiger partial charge in [0, 0.05) is 11.1 Å². The number of esters is 2. The quantitative estimate of drug-likeness (QED) is 0.466. The fourth-order valence-electron chi connectivity index (χ4n) is 3.18. The highest BCUT2D eigenvalue weighted by Gasteiger charge is 2.56. The largest absolute Gasteiger partial charge is 0.497 e. The van der Waals surface area contributed by atoms with Gasteiger partial charge < -0.3 is 14.2 Å². The summed E-state index contributed by atoms with van der Waals surface area (Å²) in [6, 6.07) is 24.7. The number of hydrogen-bond donors (Lipinski definition) is 0. The normalized spacial score (nSPS) is 17.8. The Kier molecular flexibility index (Phi) is 5.30. The van der Waals surface area contributed by atoms with E-state index in [1.165, 1.54) is 0 Å². The number of carbonyl (C=O) groups excluding carboxylic acids is 2. The highest BCUT2D eigenvalue weighted by atomic mass is 16.6. The molecule has 30 heavy (non-hydrogen) atoms. The monoisotopic (exact) mass is 401 g/mol. The van der Waals surface area contributed by atoms with Crippen LogP contribution in [0.5, 0.6) is 5.75 Å². The Hall–Kier alpha value is -3.93. The molecule has 0 aromatic heterocycles. The Balaban J connectivity index is 1.71. The summed E-state index contributed by atoms with van der Waals surface area (Å²) in [4.78, 5) is 30.6. The molecule has 150 valence electrons. The second-order valence-corrected chi connectivity index (χ2v) is 6.67. The van der Waals surface area contributed by atoms with Crippen molar-refractivity contribution in [2.45, 2.75) is 12.1 Å². The van der Waals surface area contributed by atoms with Crippen molar-refractivity contribution in [1.29, 1.82) is 0 Å². The minimum atomic E-state index is -1.91. The topological polar surface area (TPSA) is 74.2 Å². The smallest absolute Gasteiger partial charge is 0.357 e. The first kappa shape index (κ1) is 19.4. The van der Waals surface area contributed by atoms with Crippen molar-refractivity contribution in [3.63, 3.8) is 0 Å². The van der Waals surface area contributed by atoms with Gasteiger partial charge in [-0.15, -0.1) is 0 Å². The van der Waals surface area contributed by atoms with Crippen LogP contribution in [0.15, 0.2) is 89.9 Å². The third-order valence-corrected chi connectivity index (χ3v) is 4.79. The third-order valence-electron chi connectivity index (χ3n) is 4.79. The average Bonchev–Trinajstić information content (AvgIpc) is 3.17. The molecule has 1 atom stereocenters. The Morgan fingerprint density at radius 3 is 2.20 bits per heavy atom. The van der Waals surface area contributed by atoms with E-state index in [2.05, 4.69) is 4.99 Å². The number of benzene rings is 3. The van der Waals surface area contributed by atoms with E-state index in [-0.39, 0.29) is 12.5 Å². The highest BCUT2D eigenvalue weighted by molar-refractivity contribution is 6.17. The van der Waals surface area contributed by atoms with Gasteiger partial charge >= 0.3 is 11.9 Å². The Morgan fingerprint density at radius 2 is 1.57 bits per heavy atom. The summed E-state index contributed by atoms with van der Waals surface area (Å²) in [5, 5.41) is 0. The third kappa shape index (κ3) is 3.55. The van der Waals surface area contributed by atoms with Gasteiger partial charge in [-0.3, -0.25) is 0 Å². The molecule has 0 N–H and O–H groups in total. The average molecular weight is 401 g/mol. The molecule has 0 aliphatic carbocycles. The van der Waals surface area contributed by atoms with Gasteiger partial charge in [-0.25, -0.2) is 14.6 Å². The molecule has 0 radical (unpaired) electrons. The zero-order valence-corrected chi connectivity index (χ0v) is 16.3. The Morgan fingerprint density at radius 1 is 0.933 bits per heavy atom. The van der Waals surface area contributed by atoms with Crippen LogP contribution in [0.3, 0.4) is 0 Å². The van der Waals surface area contributed by atoms with Crippen LogP contribution < -0.4 is 4.74 Å². The molecule has 0 fully saturated rings. The molecule has 1 aliphatic rings. The standard InChI is InChI=1S/C24H19NO5/c1-28-20-14-12-18(13-15-20)21-25-24(23(27)30-21,19-10-6-3-7-11-19)22(26)29-16-17-8-4-2-5-9-17/h2-15H,16H2,1H3/t24-/m0/s1. The van der Waals surface area contributed by atoms with Gasteiger partial charge in [-0.1, -0.05) is 60.7 Å². The number of methoxy groups -OCH3 is 1. The molecule has 6 nitrogen and oxygen atoms in total. The van der Waals surface area contributed by atoms with Gasteiger partial charge in [0.1, 0.15) is 12.4 Å². The van der Waals surface area contributed by atoms with E-state index in [1.807, 2.05) is 30.3 Å². The maximum Gasteiger partial charge on any atom is 0.357 e. The predicted molar refractivity (Wildman–Crippen MR) is 110 cm³/mol. The van der Waals surface area contributed by atoms with E-state index in [1.54, 1.807) is 61.7 Å². The van der Waals surface area contributed by atoms with Crippen LogP contribution in [0.25, 0.3) is 0 Å². The SMILES string of the molecule is COc1ccc(C2=N[C@](C(=O)OCc3ccccc3)(c3ccccc3)C(=O)O2)cc1. The molecule has 0 amide bonds. The first-order valence-electron chi connectivity index (χ1n) is 9.37. The molecule has 0 spiro atoms. The fraction of sp³-hybridized carbons (Fsp3) is 0.125. The maximum atomic E-state index is 13.2. The summed E-state index contributed by atoms with van der Waals surface area (Å²) >= 11 is 0. The molecule has 1 heterocycles. The van der Waals surface area contributed by atoms with Crippen molar-refractivity contribution in [2.24, 2.45) is 4.99 Å². The lowest BCUT2D eigenvalue weighted by atomic mass is 9.91. The number of ether oxygens (including phenoxy) is 3. The summed E-state index contributed by atoms with van der Waals surface area (Å²) in [5.74, 6) is -0.868. The maximum absolute atomic E-state index is 13.2. The summed E-state index contributed by atoms with van der Waals surface area (Å²) in [6.45, 7) is 0.0227. The van der Waals surface area contributed by atoms with Gasteiger partial charge in [0.15, 0.2) is 0 Å². The molecule has 0 saturated heterocycles. The van der Waals surface area contributed by atoms with Crippen LogP contribution in [-0.2, 0) is 31.2 Å². The lowest BCUT2D eigenvalue weighted by Crippen LogP contribution is -2.41. The van der Waals surface area contributed by atoms with E-state index in [0.29, 0.717) is 16.9 Å². The summed E-state index contributed by atoms with van der Waals surface area (Å²) in [6.07, 6.45) is 0. The molecule has 3 aromatic rings. The number of nitrogens with zero attached hydrogens (tertiary/aromatic N) is 1. The minimum absolute atomic E-state index is 0.0227. The van der Waals surface area contributed by atoms with Crippen molar-refractivity contribution >= 4 is 17.8 Å². The number of aliphatic imine (C=N–C) groups is 1. The van der Waals surface area contributed by atoms with Crippen molar-refractivity contribution in [3.8, 4) is 5.75 Å². The molecular weight excluding hydrogens is 382 g/mol. The lowest BCUT2D eigenvalue weighted by Gasteiger charge is -2.20. The molecule has 4 rings (SSSR count). The molecule has 0 bridgehead atoms. The van der Waals surface area contributed by atoms with E-state index in [0.717, 1.165) is 5.56 Å². The zero-order chi connectivity index (χ0) is 21.0. The molecule has 6 heteroatoms. The molecule has 1 aliphatic heterocycles. The Bertz CT molecular complexity index is 1080. The second kappa shape index (κ2) is 8.21. The molecule has 0 saturated carbocycles. The number of cyclic esters (lactones) is 1. The number of carbonyl (C=O) groups is 2. The van der Waals surface area contributed by atoms with Gasteiger partial charge in [0.25, 0.3) is 5.54 Å².